The molecular formula is C10H13F3N2O2. The second kappa shape index (κ2) is 5.70. The Kier molecular flexibility index (Phi) is 4.53. The Morgan fingerprint density at radius 1 is 1.47 bits per heavy atom. The van der Waals surface area contributed by atoms with E-state index in [-0.39, 0.29) is 24.5 Å². The number of H-pyrrole nitrogens is 1. The Balaban J connectivity index is 2.47. The third-order valence-corrected chi connectivity index (χ3v) is 1.96. The summed E-state index contributed by atoms with van der Waals surface area (Å²) in [7, 11) is 0. The summed E-state index contributed by atoms with van der Waals surface area (Å²) < 4.78 is 40.5. The fraction of sp³-hybridized carbons (Fsp3) is 0.600. The highest BCUT2D eigenvalue weighted by Gasteiger charge is 2.26. The molecule has 7 heteroatoms. The van der Waals surface area contributed by atoms with E-state index in [4.69, 9.17) is 4.74 Å². The molecule has 96 valence electrons. The molecule has 1 aromatic rings. The van der Waals surface area contributed by atoms with Crippen LogP contribution in [0.25, 0.3) is 0 Å². The van der Waals surface area contributed by atoms with Gasteiger partial charge in [-0.15, -0.1) is 0 Å². The van der Waals surface area contributed by atoms with Gasteiger partial charge >= 0.3 is 6.18 Å². The Morgan fingerprint density at radius 3 is 2.76 bits per heavy atom. The number of halogens is 3. The lowest BCUT2D eigenvalue weighted by molar-refractivity contribution is -0.136. The maximum absolute atomic E-state index is 11.8. The molecule has 17 heavy (non-hydrogen) atoms. The van der Waals surface area contributed by atoms with Crippen LogP contribution in [0.2, 0.25) is 0 Å². The summed E-state index contributed by atoms with van der Waals surface area (Å²) in [6.45, 7) is 1.69. The van der Waals surface area contributed by atoms with Crippen LogP contribution in [0.5, 0.6) is 5.88 Å². The van der Waals surface area contributed by atoms with Crippen molar-refractivity contribution in [3.63, 3.8) is 0 Å². The van der Waals surface area contributed by atoms with Crippen molar-refractivity contribution >= 4 is 0 Å². The third kappa shape index (κ3) is 5.37. The Hall–Kier alpha value is -1.53. The van der Waals surface area contributed by atoms with Gasteiger partial charge in [-0.3, -0.25) is 4.79 Å². The average Bonchev–Trinajstić information content (AvgIpc) is 2.22. The van der Waals surface area contributed by atoms with E-state index in [9.17, 15) is 18.0 Å². The number of hydrogen-bond donors (Lipinski definition) is 1. The van der Waals surface area contributed by atoms with E-state index < -0.39 is 12.6 Å². The zero-order valence-corrected chi connectivity index (χ0v) is 9.30. The molecule has 0 fully saturated rings. The monoisotopic (exact) mass is 250 g/mol. The molecule has 0 amide bonds. The highest BCUT2D eigenvalue weighted by atomic mass is 19.4. The number of aromatic nitrogens is 2. The maximum atomic E-state index is 11.8. The second-order valence-corrected chi connectivity index (χ2v) is 3.45. The lowest BCUT2D eigenvalue weighted by Crippen LogP contribution is -2.13. The summed E-state index contributed by atoms with van der Waals surface area (Å²) in [5, 5.41) is 0. The van der Waals surface area contributed by atoms with E-state index in [0.717, 1.165) is 6.07 Å². The molecule has 0 bridgehead atoms. The SMILES string of the molecule is CCc1nc(OCCCC(F)(F)F)cc(=O)[nH]1. The number of nitrogens with zero attached hydrogens (tertiary/aromatic N) is 1. The molecule has 1 N–H and O–H groups in total. The van der Waals surface area contributed by atoms with Gasteiger partial charge in [0.15, 0.2) is 0 Å². The van der Waals surface area contributed by atoms with E-state index in [1.54, 1.807) is 6.92 Å². The number of nitrogens with one attached hydrogen (secondary N) is 1. The molecule has 1 aromatic heterocycles. The molecular weight excluding hydrogens is 237 g/mol. The van der Waals surface area contributed by atoms with Gasteiger partial charge in [0.1, 0.15) is 5.82 Å². The Morgan fingerprint density at radius 2 is 2.18 bits per heavy atom. The van der Waals surface area contributed by atoms with Crippen LogP contribution in [0.15, 0.2) is 10.9 Å². The van der Waals surface area contributed by atoms with Crippen molar-refractivity contribution in [1.29, 1.82) is 0 Å². The van der Waals surface area contributed by atoms with Gasteiger partial charge in [-0.1, -0.05) is 6.92 Å². The van der Waals surface area contributed by atoms with Crippen molar-refractivity contribution in [3.8, 4) is 5.88 Å². The molecule has 0 radical (unpaired) electrons. The molecule has 4 nitrogen and oxygen atoms in total. The lowest BCUT2D eigenvalue weighted by atomic mass is 10.3. The van der Waals surface area contributed by atoms with Crippen molar-refractivity contribution in [2.75, 3.05) is 6.61 Å². The van der Waals surface area contributed by atoms with Gasteiger partial charge in [0.25, 0.3) is 5.56 Å². The smallest absolute Gasteiger partial charge is 0.389 e. The molecule has 0 aliphatic heterocycles. The van der Waals surface area contributed by atoms with E-state index >= 15 is 0 Å². The van der Waals surface area contributed by atoms with Crippen LogP contribution in [0.4, 0.5) is 13.2 Å². The van der Waals surface area contributed by atoms with E-state index in [2.05, 4.69) is 9.97 Å². The minimum atomic E-state index is -4.18. The van der Waals surface area contributed by atoms with Crippen molar-refractivity contribution in [3.05, 3.63) is 22.2 Å². The predicted octanol–water partition coefficient (Wildman–Crippen LogP) is 2.05. The normalized spacial score (nSPS) is 11.5. The van der Waals surface area contributed by atoms with Gasteiger partial charge in [-0.2, -0.15) is 13.2 Å². The minimum Gasteiger partial charge on any atom is -0.477 e. The van der Waals surface area contributed by atoms with Crippen molar-refractivity contribution in [2.45, 2.75) is 32.4 Å². The summed E-state index contributed by atoms with van der Waals surface area (Å²) in [6.07, 6.45) is -4.72. The van der Waals surface area contributed by atoms with Crippen LogP contribution < -0.4 is 10.3 Å². The maximum Gasteiger partial charge on any atom is 0.389 e. The van der Waals surface area contributed by atoms with Gasteiger partial charge in [-0.25, -0.2) is 4.98 Å². The summed E-state index contributed by atoms with van der Waals surface area (Å²) in [5.41, 5.74) is -0.373. The first-order valence-electron chi connectivity index (χ1n) is 5.20. The van der Waals surface area contributed by atoms with Crippen molar-refractivity contribution in [1.82, 2.24) is 9.97 Å². The second-order valence-electron chi connectivity index (χ2n) is 3.45. The topological polar surface area (TPSA) is 55.0 Å². The Labute approximate surface area is 95.8 Å². The van der Waals surface area contributed by atoms with Gasteiger partial charge in [0, 0.05) is 12.8 Å². The Bertz CT molecular complexity index is 415. The first kappa shape index (κ1) is 13.5. The summed E-state index contributed by atoms with van der Waals surface area (Å²) >= 11 is 0. The fourth-order valence-electron chi connectivity index (χ4n) is 1.17. The number of aryl methyl sites for hydroxylation is 1. The number of hydrogen-bond acceptors (Lipinski definition) is 3. The highest BCUT2D eigenvalue weighted by Crippen LogP contribution is 2.21. The molecule has 1 heterocycles. The molecule has 0 unspecified atom stereocenters. The fourth-order valence-corrected chi connectivity index (χ4v) is 1.17. The number of alkyl halides is 3. The zero-order valence-electron chi connectivity index (χ0n) is 9.30. The molecule has 0 aliphatic carbocycles. The van der Waals surface area contributed by atoms with Gasteiger partial charge < -0.3 is 9.72 Å². The van der Waals surface area contributed by atoms with Crippen LogP contribution >= 0.6 is 0 Å². The first-order valence-corrected chi connectivity index (χ1v) is 5.20. The van der Waals surface area contributed by atoms with Crippen molar-refractivity contribution in [2.24, 2.45) is 0 Å². The highest BCUT2D eigenvalue weighted by molar-refractivity contribution is 5.08. The first-order chi connectivity index (χ1) is 7.90. The predicted molar refractivity (Wildman–Crippen MR) is 55.0 cm³/mol. The standard InChI is InChI=1S/C10H13F3N2O2/c1-2-7-14-8(16)6-9(15-7)17-5-3-4-10(11,12)13/h6H,2-5H2,1H3,(H,14,15,16). The molecule has 0 saturated carbocycles. The van der Waals surface area contributed by atoms with E-state index in [0.29, 0.717) is 12.2 Å². The van der Waals surface area contributed by atoms with E-state index in [1.165, 1.54) is 0 Å². The number of ether oxygens (including phenoxy) is 1. The van der Waals surface area contributed by atoms with Gasteiger partial charge in [0.05, 0.1) is 12.7 Å². The zero-order chi connectivity index (χ0) is 12.9. The average molecular weight is 250 g/mol. The summed E-state index contributed by atoms with van der Waals surface area (Å²) in [4.78, 5) is 17.5. The summed E-state index contributed by atoms with van der Waals surface area (Å²) in [5.74, 6) is 0.510. The number of rotatable bonds is 5. The minimum absolute atomic E-state index is 0.0628. The quantitative estimate of drug-likeness (QED) is 0.814. The van der Waals surface area contributed by atoms with Crippen LogP contribution in [0, 0.1) is 0 Å². The van der Waals surface area contributed by atoms with Crippen LogP contribution in [-0.2, 0) is 6.42 Å². The summed E-state index contributed by atoms with van der Waals surface area (Å²) in [6, 6.07) is 1.12. The van der Waals surface area contributed by atoms with Gasteiger partial charge in [-0.05, 0) is 6.42 Å². The van der Waals surface area contributed by atoms with E-state index in [1.807, 2.05) is 0 Å². The molecule has 0 aliphatic rings. The molecule has 0 atom stereocenters. The molecule has 0 saturated heterocycles. The van der Waals surface area contributed by atoms with Crippen LogP contribution in [0.1, 0.15) is 25.6 Å². The third-order valence-electron chi connectivity index (χ3n) is 1.96. The molecule has 0 spiro atoms. The van der Waals surface area contributed by atoms with Crippen LogP contribution in [0.3, 0.4) is 0 Å². The largest absolute Gasteiger partial charge is 0.477 e. The molecule has 1 rings (SSSR count). The number of aromatic amines is 1. The molecule has 0 aromatic carbocycles. The van der Waals surface area contributed by atoms with Gasteiger partial charge in [0.2, 0.25) is 5.88 Å². The van der Waals surface area contributed by atoms with Crippen LogP contribution in [-0.4, -0.2) is 22.8 Å². The van der Waals surface area contributed by atoms with Crippen molar-refractivity contribution < 1.29 is 17.9 Å². The lowest BCUT2D eigenvalue weighted by Gasteiger charge is -2.07.